The average molecular weight is 942 g/mol. The molecule has 11 aromatic rings. The Balaban J connectivity index is 1.15. The smallest absolute Gasteiger partial charge is 0.333 e. The zero-order valence-corrected chi connectivity index (χ0v) is 41.5. The van der Waals surface area contributed by atoms with E-state index in [-0.39, 0.29) is 6.85 Å². The highest BCUT2D eigenvalue weighted by atomic mass is 16.3. The molecule has 0 unspecified atom stereocenters. The molecule has 5 heteroatoms. The number of hydrogen-bond acceptors (Lipinski definition) is 4. The molecule has 73 heavy (non-hydrogen) atoms. The summed E-state index contributed by atoms with van der Waals surface area (Å²) in [6, 6.07) is 85.5. The first-order valence-electron chi connectivity index (χ1n) is 26.2. The van der Waals surface area contributed by atoms with Gasteiger partial charge in [-0.1, -0.05) is 172 Å². The van der Waals surface area contributed by atoms with Gasteiger partial charge in [-0.15, -0.1) is 0 Å². The fourth-order valence-electron chi connectivity index (χ4n) is 11.6. The summed E-state index contributed by atoms with van der Waals surface area (Å²) in [5.41, 5.74) is 23.2. The van der Waals surface area contributed by atoms with Crippen molar-refractivity contribution in [3.8, 4) is 33.4 Å². The number of para-hydroxylation sites is 3. The third kappa shape index (κ3) is 7.88. The third-order valence-corrected chi connectivity index (χ3v) is 15.2. The van der Waals surface area contributed by atoms with Gasteiger partial charge < -0.3 is 19.0 Å². The summed E-state index contributed by atoms with van der Waals surface area (Å²) in [5, 5.41) is 2.24. The van der Waals surface area contributed by atoms with Gasteiger partial charge in [-0.05, 0) is 149 Å². The Morgan fingerprint density at radius 2 is 1.04 bits per heavy atom. The van der Waals surface area contributed by atoms with Crippen LogP contribution in [0.2, 0.25) is 0 Å². The van der Waals surface area contributed by atoms with Crippen LogP contribution in [-0.4, -0.2) is 6.85 Å². The highest BCUT2D eigenvalue weighted by molar-refractivity contribution is 6.93. The monoisotopic (exact) mass is 941 g/mol. The molecule has 10 aromatic carbocycles. The van der Waals surface area contributed by atoms with E-state index in [1.54, 1.807) is 0 Å². The zero-order valence-electron chi connectivity index (χ0n) is 41.5. The number of fused-ring (bicyclic) bond motifs is 7. The molecule has 13 rings (SSSR count). The molecule has 0 saturated heterocycles. The van der Waals surface area contributed by atoms with Gasteiger partial charge in [0.05, 0.1) is 5.69 Å². The lowest BCUT2D eigenvalue weighted by Crippen LogP contribution is -2.61. The van der Waals surface area contributed by atoms with E-state index in [0.717, 1.165) is 106 Å². The minimum Gasteiger partial charge on any atom is -0.456 e. The van der Waals surface area contributed by atoms with E-state index < -0.39 is 0 Å². The Morgan fingerprint density at radius 1 is 0.411 bits per heavy atom. The molecular formula is C68H56BN3O. The lowest BCUT2D eigenvalue weighted by Gasteiger charge is -2.46. The maximum Gasteiger partial charge on any atom is 0.333 e. The molecule has 0 spiro atoms. The van der Waals surface area contributed by atoms with Crippen molar-refractivity contribution in [2.24, 2.45) is 0 Å². The highest BCUT2D eigenvalue weighted by Crippen LogP contribution is 2.52. The van der Waals surface area contributed by atoms with E-state index in [9.17, 15) is 0 Å². The van der Waals surface area contributed by atoms with Crippen LogP contribution >= 0.6 is 0 Å². The van der Waals surface area contributed by atoms with Gasteiger partial charge in [0.15, 0.2) is 0 Å². The Bertz CT molecular complexity index is 3740. The fraction of sp³-hybridized carbons (Fsp3) is 0.118. The summed E-state index contributed by atoms with van der Waals surface area (Å²) in [6.45, 7) is 4.34. The van der Waals surface area contributed by atoms with Crippen molar-refractivity contribution in [2.45, 2.75) is 52.4 Å². The van der Waals surface area contributed by atoms with Gasteiger partial charge in [0.1, 0.15) is 11.2 Å². The van der Waals surface area contributed by atoms with E-state index in [1.165, 1.54) is 55.4 Å². The number of hydrogen-bond donors (Lipinski definition) is 0. The van der Waals surface area contributed by atoms with Crippen LogP contribution in [0, 0.1) is 0 Å². The molecule has 2 aliphatic rings. The molecule has 0 saturated carbocycles. The lowest BCUT2D eigenvalue weighted by atomic mass is 9.43. The maximum absolute atomic E-state index is 6.86. The Morgan fingerprint density at radius 3 is 1.74 bits per heavy atom. The van der Waals surface area contributed by atoms with Gasteiger partial charge >= 0.3 is 6.85 Å². The summed E-state index contributed by atoms with van der Waals surface area (Å²) in [6.07, 6.45) is 6.70. The second kappa shape index (κ2) is 18.9. The standard InChI is InChI=1S/C68H56BN3O/c1-3-5-21-47-33-36-54(37-34-47)72-63-44-55(70(52-27-15-9-16-28-52)53-29-17-10-18-30-53)38-39-56(63)60-42-51(49-23-11-7-12-24-49)43-65-68(60)69(72)61-45-59-57-31-19-20-32-66(57)73-67(59)46-64(61)71(65)62-40-35-48(22-6-4-2)41-58(62)50-25-13-8-14-26-50/h7-20,23-46H,3-6,21-22H2,1-2H3. The van der Waals surface area contributed by atoms with Crippen molar-refractivity contribution in [2.75, 3.05) is 14.6 Å². The zero-order chi connectivity index (χ0) is 48.8. The summed E-state index contributed by atoms with van der Waals surface area (Å²) in [7, 11) is 0. The minimum absolute atomic E-state index is 0.214. The first-order valence-corrected chi connectivity index (χ1v) is 26.2. The van der Waals surface area contributed by atoms with Crippen LogP contribution in [0.15, 0.2) is 235 Å². The second-order valence-corrected chi connectivity index (χ2v) is 19.7. The fourth-order valence-corrected chi connectivity index (χ4v) is 11.6. The van der Waals surface area contributed by atoms with Crippen molar-refractivity contribution >= 4 is 85.2 Å². The van der Waals surface area contributed by atoms with Crippen molar-refractivity contribution in [1.82, 2.24) is 0 Å². The molecule has 352 valence electrons. The van der Waals surface area contributed by atoms with E-state index >= 15 is 0 Å². The minimum atomic E-state index is -0.214. The summed E-state index contributed by atoms with van der Waals surface area (Å²) < 4.78 is 6.86. The lowest BCUT2D eigenvalue weighted by molar-refractivity contribution is 0.669. The third-order valence-electron chi connectivity index (χ3n) is 15.2. The molecule has 0 amide bonds. The molecular weight excluding hydrogens is 886 g/mol. The number of benzene rings is 10. The number of furan rings is 1. The second-order valence-electron chi connectivity index (χ2n) is 19.7. The number of nitrogens with zero attached hydrogens (tertiary/aromatic N) is 3. The largest absolute Gasteiger partial charge is 0.456 e. The summed E-state index contributed by atoms with van der Waals surface area (Å²) in [4.78, 5) is 7.62. The molecule has 2 aliphatic heterocycles. The molecule has 0 aliphatic carbocycles. The van der Waals surface area contributed by atoms with Gasteiger partial charge in [-0.3, -0.25) is 0 Å². The van der Waals surface area contributed by atoms with E-state index in [0.29, 0.717) is 0 Å². The number of aryl methyl sites for hydroxylation is 2. The van der Waals surface area contributed by atoms with E-state index in [2.05, 4.69) is 259 Å². The average Bonchev–Trinajstić information content (AvgIpc) is 3.83. The van der Waals surface area contributed by atoms with E-state index in [1.807, 2.05) is 0 Å². The molecule has 0 radical (unpaired) electrons. The van der Waals surface area contributed by atoms with Crippen LogP contribution in [0.1, 0.15) is 50.7 Å². The first-order chi connectivity index (χ1) is 36.1. The Kier molecular flexibility index (Phi) is 11.5. The Hall–Kier alpha value is -8.54. The van der Waals surface area contributed by atoms with Crippen LogP contribution in [-0.2, 0) is 12.8 Å². The molecule has 4 nitrogen and oxygen atoms in total. The molecule has 0 atom stereocenters. The summed E-state index contributed by atoms with van der Waals surface area (Å²) >= 11 is 0. The number of rotatable bonds is 13. The van der Waals surface area contributed by atoms with Gasteiger partial charge in [-0.25, -0.2) is 0 Å². The van der Waals surface area contributed by atoms with Gasteiger partial charge in [-0.2, -0.15) is 0 Å². The Labute approximate surface area is 429 Å². The van der Waals surface area contributed by atoms with Crippen LogP contribution in [0.4, 0.5) is 45.5 Å². The van der Waals surface area contributed by atoms with Crippen molar-refractivity contribution in [3.63, 3.8) is 0 Å². The van der Waals surface area contributed by atoms with E-state index in [4.69, 9.17) is 4.42 Å². The van der Waals surface area contributed by atoms with Gasteiger partial charge in [0.2, 0.25) is 0 Å². The van der Waals surface area contributed by atoms with Crippen LogP contribution in [0.5, 0.6) is 0 Å². The summed E-state index contributed by atoms with van der Waals surface area (Å²) in [5.74, 6) is 0. The molecule has 1 aromatic heterocycles. The molecule has 0 N–H and O–H groups in total. The SMILES string of the molecule is CCCCc1ccc(N2B3c4cc5c(cc4N(c4ccc(CCCC)cc4-c4ccccc4)c4cc(-c6ccccc6)cc(c43)-c3ccc(N(c4ccccc4)c4ccccc4)cc32)oc2ccccc25)cc1. The normalized spacial score (nSPS) is 12.5. The topological polar surface area (TPSA) is 22.9 Å². The highest BCUT2D eigenvalue weighted by Gasteiger charge is 2.46. The van der Waals surface area contributed by atoms with Crippen LogP contribution in [0.3, 0.4) is 0 Å². The van der Waals surface area contributed by atoms with Crippen molar-refractivity contribution < 1.29 is 4.42 Å². The van der Waals surface area contributed by atoms with Crippen molar-refractivity contribution in [1.29, 1.82) is 0 Å². The quantitative estimate of drug-likeness (QED) is 0.107. The molecule has 0 bridgehead atoms. The predicted molar refractivity (Wildman–Crippen MR) is 310 cm³/mol. The van der Waals surface area contributed by atoms with Crippen LogP contribution < -0.4 is 25.5 Å². The van der Waals surface area contributed by atoms with Gasteiger partial charge in [0.25, 0.3) is 0 Å². The van der Waals surface area contributed by atoms with Crippen molar-refractivity contribution in [3.05, 3.63) is 242 Å². The van der Waals surface area contributed by atoms with Gasteiger partial charge in [0, 0.05) is 67.8 Å². The first kappa shape index (κ1) is 44.4. The molecule has 3 heterocycles. The number of unbranched alkanes of at least 4 members (excludes halogenated alkanes) is 2. The maximum atomic E-state index is 6.86. The van der Waals surface area contributed by atoms with Crippen LogP contribution in [0.25, 0.3) is 55.3 Å². The molecule has 0 fully saturated rings. The predicted octanol–water partition coefficient (Wildman–Crippen LogP) is 17.8. The number of anilines is 8.